The third kappa shape index (κ3) is 10.5. The number of carbonyl (C=O) groups excluding carboxylic acids is 3. The third-order valence-corrected chi connectivity index (χ3v) is 13.0. The molecule has 1 aromatic rings. The molecule has 0 fully saturated rings. The van der Waals surface area contributed by atoms with E-state index in [-0.39, 0.29) is 37.0 Å². The van der Waals surface area contributed by atoms with E-state index in [1.54, 1.807) is 6.92 Å². The van der Waals surface area contributed by atoms with Crippen LogP contribution >= 0.6 is 0 Å². The Hall–Kier alpha value is -6.16. The van der Waals surface area contributed by atoms with Crippen molar-refractivity contribution in [2.45, 2.75) is 134 Å². The zero-order chi connectivity index (χ0) is 47.3. The van der Waals surface area contributed by atoms with Gasteiger partial charge in [0.25, 0.3) is 0 Å². The first-order valence-corrected chi connectivity index (χ1v) is 23.0. The molecule has 1 aliphatic carbocycles. The highest BCUT2D eigenvalue weighted by atomic mass is 16.5. The predicted molar refractivity (Wildman–Crippen MR) is 263 cm³/mol. The van der Waals surface area contributed by atoms with Gasteiger partial charge in [-0.05, 0) is 178 Å². The van der Waals surface area contributed by atoms with Crippen LogP contribution in [0.2, 0.25) is 0 Å². The number of aromatic amines is 1. The van der Waals surface area contributed by atoms with Gasteiger partial charge in [-0.25, -0.2) is 15.0 Å². The molecule has 8 bridgehead atoms. The lowest BCUT2D eigenvalue weighted by Crippen LogP contribution is -2.21. The molecule has 4 aliphatic heterocycles. The molecule has 0 amide bonds. The number of aromatic nitrogens is 1. The number of allylic oxidation sites excluding steroid dienone is 14. The zero-order valence-electron chi connectivity index (χ0n) is 40.5. The SMILES string of the molecule is CCC1=C(C)C2=NC1=CC1=C(C)C3=C(O)[C@@H](C(=O)OC)C(=C4N=C(C=c5[nH]c(c(C(C)=O)c5C)=C2)C(C)=C4CCC(=O)OC/C=C(/C)CC/C=C(\C)CC/C=C(\C)CCC=C(C)C)C3=N1. The molecule has 1 atom stereocenters. The Morgan fingerprint density at radius 1 is 0.738 bits per heavy atom. The van der Waals surface area contributed by atoms with Gasteiger partial charge in [0.05, 0.1) is 46.7 Å². The summed E-state index contributed by atoms with van der Waals surface area (Å²) in [6.45, 7) is 22.3. The Bertz CT molecular complexity index is 2770. The van der Waals surface area contributed by atoms with E-state index < -0.39 is 11.9 Å². The number of ketones is 1. The van der Waals surface area contributed by atoms with Crippen molar-refractivity contribution in [1.29, 1.82) is 0 Å². The van der Waals surface area contributed by atoms with Crippen molar-refractivity contribution in [3.63, 3.8) is 0 Å². The lowest BCUT2D eigenvalue weighted by atomic mass is 9.92. The molecule has 0 saturated carbocycles. The van der Waals surface area contributed by atoms with Gasteiger partial charge in [0.15, 0.2) is 5.78 Å². The van der Waals surface area contributed by atoms with E-state index in [1.165, 1.54) is 23.8 Å². The highest BCUT2D eigenvalue weighted by Crippen LogP contribution is 2.48. The number of fused-ring (bicyclic) bond motifs is 5. The molecule has 2 N–H and O–H groups in total. The van der Waals surface area contributed by atoms with Crippen LogP contribution in [0, 0.1) is 12.8 Å². The van der Waals surface area contributed by atoms with Gasteiger partial charge < -0.3 is 19.6 Å². The van der Waals surface area contributed by atoms with Gasteiger partial charge >= 0.3 is 11.9 Å². The van der Waals surface area contributed by atoms with E-state index in [2.05, 4.69) is 64.8 Å². The molecule has 0 radical (unpaired) electrons. The summed E-state index contributed by atoms with van der Waals surface area (Å²) in [7, 11) is 1.29. The van der Waals surface area contributed by atoms with Crippen molar-refractivity contribution in [2.24, 2.45) is 20.9 Å². The van der Waals surface area contributed by atoms with Crippen LogP contribution in [0.25, 0.3) is 12.2 Å². The Labute approximate surface area is 384 Å². The molecule has 0 aromatic carbocycles. The number of nitrogens with zero attached hydrogens (tertiary/aromatic N) is 3. The lowest BCUT2D eigenvalue weighted by Gasteiger charge is -2.15. The summed E-state index contributed by atoms with van der Waals surface area (Å²) in [6, 6.07) is 0. The number of esters is 2. The summed E-state index contributed by atoms with van der Waals surface area (Å²) in [5.41, 5.74) is 15.4. The van der Waals surface area contributed by atoms with Crippen LogP contribution in [0.4, 0.5) is 0 Å². The monoisotopic (exact) mass is 878 g/mol. The van der Waals surface area contributed by atoms with Crippen LogP contribution in [0.15, 0.2) is 130 Å². The number of carbonyl (C=O) groups is 3. The summed E-state index contributed by atoms with van der Waals surface area (Å²) < 4.78 is 11.0. The summed E-state index contributed by atoms with van der Waals surface area (Å²) in [5, 5.41) is 13.2. The van der Waals surface area contributed by atoms with Crippen molar-refractivity contribution >= 4 is 47.0 Å². The van der Waals surface area contributed by atoms with Crippen LogP contribution in [-0.2, 0) is 19.1 Å². The molecular formula is C55H66N4O6. The fourth-order valence-electron chi connectivity index (χ4n) is 9.15. The van der Waals surface area contributed by atoms with Gasteiger partial charge in [-0.3, -0.25) is 14.4 Å². The summed E-state index contributed by atoms with van der Waals surface area (Å²) in [5.74, 6) is -2.43. The number of ether oxygens (including phenoxy) is 2. The highest BCUT2D eigenvalue weighted by molar-refractivity contribution is 6.28. The van der Waals surface area contributed by atoms with Crippen LogP contribution in [0.5, 0.6) is 0 Å². The maximum Gasteiger partial charge on any atom is 0.321 e. The van der Waals surface area contributed by atoms with Crippen molar-refractivity contribution in [3.05, 3.63) is 136 Å². The second-order valence-corrected chi connectivity index (χ2v) is 18.1. The van der Waals surface area contributed by atoms with Gasteiger partial charge in [0.2, 0.25) is 0 Å². The average Bonchev–Trinajstić information content (AvgIpc) is 4.00. The van der Waals surface area contributed by atoms with Gasteiger partial charge in [-0.2, -0.15) is 0 Å². The normalized spacial score (nSPS) is 18.5. The Morgan fingerprint density at radius 2 is 1.34 bits per heavy atom. The molecule has 5 aliphatic rings. The topological polar surface area (TPSA) is 143 Å². The highest BCUT2D eigenvalue weighted by Gasteiger charge is 2.47. The van der Waals surface area contributed by atoms with Crippen LogP contribution in [0.3, 0.4) is 0 Å². The molecule has 0 spiro atoms. The van der Waals surface area contributed by atoms with Gasteiger partial charge in [0, 0.05) is 28.5 Å². The fourth-order valence-corrected chi connectivity index (χ4v) is 9.15. The molecule has 65 heavy (non-hydrogen) atoms. The van der Waals surface area contributed by atoms with Crippen LogP contribution < -0.4 is 10.7 Å². The van der Waals surface area contributed by atoms with Crippen molar-refractivity contribution in [3.8, 4) is 0 Å². The molecule has 6 rings (SSSR count). The maximum absolute atomic E-state index is 13.6. The summed E-state index contributed by atoms with van der Waals surface area (Å²) in [4.78, 5) is 59.0. The molecule has 10 heteroatoms. The molecule has 5 heterocycles. The fraction of sp³-hybridized carbons (Fsp3) is 0.418. The standard InChI is InChI=1S/C55H66N4O6/c1-13-39-34(7)41-29-46-48(38(11)60)36(9)43(57-46)27-42-35(8)40(52(58-42)50-51(55(63)64-12)54(62)49-37(10)44(59-53(49)50)28-45(39)56-41)23-24-47(61)65-26-25-33(6)22-16-21-32(5)20-15-19-31(4)18-14-17-30(2)3/h17,19,21,25,27-29,51,57,62H,13-16,18,20,22-24,26H2,1-12H3/b31-19+,32-21+,33-25-,43-27?,45-28?,46-29?,52-50?/t51-/m0/s1. The number of rotatable bonds is 17. The maximum atomic E-state index is 13.6. The number of H-pyrrole nitrogens is 1. The molecule has 342 valence electrons. The van der Waals surface area contributed by atoms with E-state index in [4.69, 9.17) is 24.5 Å². The van der Waals surface area contributed by atoms with E-state index in [0.717, 1.165) is 83.4 Å². The van der Waals surface area contributed by atoms with Gasteiger partial charge in [-0.1, -0.05) is 47.4 Å². The number of aliphatic imine (C=N–C) groups is 3. The molecule has 0 saturated heterocycles. The first-order valence-electron chi connectivity index (χ1n) is 23.0. The quantitative estimate of drug-likeness (QED) is 0.0906. The smallest absolute Gasteiger partial charge is 0.321 e. The number of nitrogens with one attached hydrogen (secondary N) is 1. The van der Waals surface area contributed by atoms with E-state index in [1.807, 2.05) is 52.0 Å². The second-order valence-electron chi connectivity index (χ2n) is 18.1. The Morgan fingerprint density at radius 3 is 1.95 bits per heavy atom. The predicted octanol–water partition coefficient (Wildman–Crippen LogP) is 11.0. The number of Topliss-reactive ketones (excluding diaryl/α,β-unsaturated/α-hetero) is 1. The van der Waals surface area contributed by atoms with Crippen LogP contribution in [-0.4, -0.2) is 58.7 Å². The first-order chi connectivity index (χ1) is 30.9. The Kier molecular flexibility index (Phi) is 15.4. The molecule has 0 unspecified atom stereocenters. The van der Waals surface area contributed by atoms with Crippen LogP contribution in [0.1, 0.15) is 143 Å². The largest absolute Gasteiger partial charge is 0.510 e. The van der Waals surface area contributed by atoms with E-state index in [0.29, 0.717) is 62.2 Å². The van der Waals surface area contributed by atoms with E-state index in [9.17, 15) is 19.5 Å². The lowest BCUT2D eigenvalue weighted by molar-refractivity contribution is -0.144. The second kappa shape index (κ2) is 20.8. The average molecular weight is 879 g/mol. The summed E-state index contributed by atoms with van der Waals surface area (Å²) in [6.07, 6.45) is 21.8. The molecular weight excluding hydrogens is 813 g/mol. The van der Waals surface area contributed by atoms with Crippen molar-refractivity contribution < 1.29 is 29.0 Å². The third-order valence-electron chi connectivity index (χ3n) is 13.0. The minimum absolute atomic E-state index is 0.0565. The number of aliphatic hydroxyl groups excluding tert-OH is 1. The van der Waals surface area contributed by atoms with Crippen molar-refractivity contribution in [2.75, 3.05) is 13.7 Å². The van der Waals surface area contributed by atoms with Gasteiger partial charge in [-0.15, -0.1) is 0 Å². The number of hydrogen-bond acceptors (Lipinski definition) is 9. The van der Waals surface area contributed by atoms with E-state index >= 15 is 0 Å². The number of aliphatic hydroxyl groups is 1. The number of methoxy groups -OCH3 is 1. The zero-order valence-corrected chi connectivity index (χ0v) is 40.5. The number of hydrogen-bond donors (Lipinski definition) is 2. The molecule has 10 nitrogen and oxygen atoms in total. The Balaban J connectivity index is 1.27. The minimum atomic E-state index is -1.18. The summed E-state index contributed by atoms with van der Waals surface area (Å²) >= 11 is 0. The molecule has 1 aromatic heterocycles. The van der Waals surface area contributed by atoms with Gasteiger partial charge in [0.1, 0.15) is 18.3 Å². The first kappa shape index (κ1) is 48.3. The minimum Gasteiger partial charge on any atom is -0.510 e. The van der Waals surface area contributed by atoms with Crippen molar-refractivity contribution in [1.82, 2.24) is 4.98 Å².